The molecule has 3 atom stereocenters. The first-order valence-corrected chi connectivity index (χ1v) is 11.5. The maximum Gasteiger partial charge on any atom is 0.227 e. The second kappa shape index (κ2) is 9.58. The number of piperidine rings is 1. The summed E-state index contributed by atoms with van der Waals surface area (Å²) in [4.78, 5) is 18.6. The Hall–Kier alpha value is -1.44. The number of fused-ring (bicyclic) bond motifs is 1. The Balaban J connectivity index is 1.37. The number of likely N-dealkylation sites (tertiary alicyclic amines) is 1. The van der Waals surface area contributed by atoms with Crippen molar-refractivity contribution in [2.24, 2.45) is 11.3 Å². The van der Waals surface area contributed by atoms with E-state index >= 15 is 0 Å². The van der Waals surface area contributed by atoms with Crippen LogP contribution in [0.25, 0.3) is 0 Å². The van der Waals surface area contributed by atoms with Crippen molar-refractivity contribution in [3.8, 4) is 0 Å². The van der Waals surface area contributed by atoms with Crippen LogP contribution in [-0.4, -0.2) is 84.0 Å². The molecule has 0 radical (unpaired) electrons. The molecule has 1 amide bonds. The molecule has 0 bridgehead atoms. The van der Waals surface area contributed by atoms with E-state index in [1.807, 2.05) is 16.9 Å². The minimum absolute atomic E-state index is 0.206. The van der Waals surface area contributed by atoms with Gasteiger partial charge in [0, 0.05) is 51.2 Å². The standard InChI is InChI=1S/C22H37N5O2/c1-2-25-12-6-19-17-20(26-13-15-29-16-14-26)5-7-22(19,18-25)21(28)23-8-3-10-27-11-4-9-24-27/h4,9,11,19-20H,2-3,5-8,10,12-18H2,1H3,(H,23,28)/t19-,20+,22-/m1/s1. The number of aryl methyl sites for hydroxylation is 1. The van der Waals surface area contributed by atoms with Crippen LogP contribution in [0.15, 0.2) is 18.5 Å². The van der Waals surface area contributed by atoms with Crippen LogP contribution in [0.3, 0.4) is 0 Å². The molecule has 1 N–H and O–H groups in total. The van der Waals surface area contributed by atoms with Crippen molar-refractivity contribution in [1.29, 1.82) is 0 Å². The SMILES string of the molecule is CCN1CC[C@@H]2C[C@@H](N3CCOCC3)CC[C@@]2(C(=O)NCCCn2cccn2)C1. The molecular formula is C22H37N5O2. The summed E-state index contributed by atoms with van der Waals surface area (Å²) in [7, 11) is 0. The van der Waals surface area contributed by atoms with E-state index in [-0.39, 0.29) is 5.41 Å². The number of carbonyl (C=O) groups is 1. The van der Waals surface area contributed by atoms with Crippen molar-refractivity contribution in [2.45, 2.75) is 51.6 Å². The zero-order valence-electron chi connectivity index (χ0n) is 17.9. The summed E-state index contributed by atoms with van der Waals surface area (Å²) in [6.07, 6.45) is 9.16. The van der Waals surface area contributed by atoms with Crippen LogP contribution in [0.2, 0.25) is 0 Å². The van der Waals surface area contributed by atoms with E-state index in [0.717, 1.165) is 91.1 Å². The molecule has 0 spiro atoms. The highest BCUT2D eigenvalue weighted by Crippen LogP contribution is 2.47. The van der Waals surface area contributed by atoms with Crippen LogP contribution in [0.4, 0.5) is 0 Å². The minimum atomic E-state index is -0.206. The van der Waals surface area contributed by atoms with Crippen molar-refractivity contribution in [1.82, 2.24) is 24.9 Å². The van der Waals surface area contributed by atoms with Gasteiger partial charge in [-0.1, -0.05) is 6.92 Å². The third kappa shape index (κ3) is 4.67. The van der Waals surface area contributed by atoms with Crippen molar-refractivity contribution in [3.05, 3.63) is 18.5 Å². The third-order valence-corrected chi connectivity index (χ3v) is 7.43. The number of hydrogen-bond acceptors (Lipinski definition) is 5. The van der Waals surface area contributed by atoms with Gasteiger partial charge < -0.3 is 15.0 Å². The number of morpholine rings is 1. The van der Waals surface area contributed by atoms with Gasteiger partial charge >= 0.3 is 0 Å². The summed E-state index contributed by atoms with van der Waals surface area (Å²) >= 11 is 0. The average molecular weight is 404 g/mol. The molecule has 1 saturated carbocycles. The fourth-order valence-electron chi connectivity index (χ4n) is 5.69. The third-order valence-electron chi connectivity index (χ3n) is 7.43. The summed E-state index contributed by atoms with van der Waals surface area (Å²) in [5.74, 6) is 0.791. The highest BCUT2D eigenvalue weighted by molar-refractivity contribution is 5.83. The summed E-state index contributed by atoms with van der Waals surface area (Å²) in [6, 6.07) is 2.56. The van der Waals surface area contributed by atoms with E-state index in [4.69, 9.17) is 4.74 Å². The molecule has 2 aliphatic heterocycles. The number of hydrogen-bond donors (Lipinski definition) is 1. The second-order valence-corrected chi connectivity index (χ2v) is 8.97. The predicted octanol–water partition coefficient (Wildman–Crippen LogP) is 1.60. The molecule has 7 nitrogen and oxygen atoms in total. The number of aromatic nitrogens is 2. The highest BCUT2D eigenvalue weighted by Gasteiger charge is 2.52. The molecule has 7 heteroatoms. The molecular weight excluding hydrogens is 366 g/mol. The van der Waals surface area contributed by atoms with Gasteiger partial charge in [0.15, 0.2) is 0 Å². The van der Waals surface area contributed by atoms with Gasteiger partial charge in [0.2, 0.25) is 5.91 Å². The zero-order chi connectivity index (χ0) is 20.1. The van der Waals surface area contributed by atoms with Gasteiger partial charge in [-0.3, -0.25) is 14.4 Å². The van der Waals surface area contributed by atoms with Crippen LogP contribution >= 0.6 is 0 Å². The topological polar surface area (TPSA) is 62.6 Å². The lowest BCUT2D eigenvalue weighted by atomic mass is 9.61. The lowest BCUT2D eigenvalue weighted by molar-refractivity contribution is -0.144. The first-order chi connectivity index (χ1) is 14.2. The molecule has 2 saturated heterocycles. The Morgan fingerprint density at radius 1 is 1.28 bits per heavy atom. The van der Waals surface area contributed by atoms with Crippen LogP contribution in [0.5, 0.6) is 0 Å². The van der Waals surface area contributed by atoms with Crippen molar-refractivity contribution in [2.75, 3.05) is 52.5 Å². The molecule has 0 unspecified atom stereocenters. The Kier molecular flexibility index (Phi) is 6.88. The predicted molar refractivity (Wildman–Crippen MR) is 113 cm³/mol. The molecule has 3 fully saturated rings. The Labute approximate surface area is 174 Å². The number of rotatable bonds is 7. The quantitative estimate of drug-likeness (QED) is 0.701. The fourth-order valence-corrected chi connectivity index (χ4v) is 5.69. The molecule has 1 aromatic rings. The lowest BCUT2D eigenvalue weighted by Gasteiger charge is -2.53. The van der Waals surface area contributed by atoms with Crippen LogP contribution in [0.1, 0.15) is 39.0 Å². The molecule has 29 heavy (non-hydrogen) atoms. The van der Waals surface area contributed by atoms with Crippen molar-refractivity contribution in [3.63, 3.8) is 0 Å². The van der Waals surface area contributed by atoms with Crippen LogP contribution < -0.4 is 5.32 Å². The van der Waals surface area contributed by atoms with E-state index < -0.39 is 0 Å². The number of amides is 1. The molecule has 3 heterocycles. The van der Waals surface area contributed by atoms with Crippen LogP contribution in [-0.2, 0) is 16.1 Å². The van der Waals surface area contributed by atoms with Gasteiger partial charge in [-0.2, -0.15) is 5.10 Å². The zero-order valence-corrected chi connectivity index (χ0v) is 17.9. The lowest BCUT2D eigenvalue weighted by Crippen LogP contribution is -2.60. The number of ether oxygens (including phenoxy) is 1. The van der Waals surface area contributed by atoms with E-state index in [1.165, 1.54) is 0 Å². The second-order valence-electron chi connectivity index (χ2n) is 8.97. The van der Waals surface area contributed by atoms with E-state index in [9.17, 15) is 4.79 Å². The summed E-state index contributed by atoms with van der Waals surface area (Å²) in [6.45, 7) is 10.7. The first-order valence-electron chi connectivity index (χ1n) is 11.5. The highest BCUT2D eigenvalue weighted by atomic mass is 16.5. The molecule has 0 aromatic carbocycles. The van der Waals surface area contributed by atoms with Gasteiger partial charge in [0.05, 0.1) is 18.6 Å². The number of nitrogens with zero attached hydrogens (tertiary/aromatic N) is 4. The molecule has 4 rings (SSSR count). The number of nitrogens with one attached hydrogen (secondary N) is 1. The first kappa shape index (κ1) is 20.8. The monoisotopic (exact) mass is 403 g/mol. The van der Waals surface area contributed by atoms with E-state index in [1.54, 1.807) is 6.20 Å². The maximum atomic E-state index is 13.5. The summed E-state index contributed by atoms with van der Waals surface area (Å²) in [5, 5.41) is 7.55. The van der Waals surface area contributed by atoms with Crippen molar-refractivity contribution < 1.29 is 9.53 Å². The number of carbonyl (C=O) groups excluding carboxylic acids is 1. The Morgan fingerprint density at radius 2 is 2.14 bits per heavy atom. The summed E-state index contributed by atoms with van der Waals surface area (Å²) < 4.78 is 7.48. The molecule has 162 valence electrons. The van der Waals surface area contributed by atoms with Gasteiger partial charge in [-0.05, 0) is 57.2 Å². The van der Waals surface area contributed by atoms with Gasteiger partial charge in [-0.25, -0.2) is 0 Å². The molecule has 1 aliphatic carbocycles. The normalized spacial score (nSPS) is 31.3. The van der Waals surface area contributed by atoms with Gasteiger partial charge in [0.1, 0.15) is 0 Å². The van der Waals surface area contributed by atoms with E-state index in [0.29, 0.717) is 17.9 Å². The molecule has 3 aliphatic rings. The molecule has 1 aromatic heterocycles. The van der Waals surface area contributed by atoms with Crippen molar-refractivity contribution >= 4 is 5.91 Å². The van der Waals surface area contributed by atoms with Gasteiger partial charge in [0.25, 0.3) is 0 Å². The smallest absolute Gasteiger partial charge is 0.227 e. The Morgan fingerprint density at radius 3 is 2.90 bits per heavy atom. The summed E-state index contributed by atoms with van der Waals surface area (Å²) in [5.41, 5.74) is -0.206. The fraction of sp³-hybridized carbons (Fsp3) is 0.818. The van der Waals surface area contributed by atoms with E-state index in [2.05, 4.69) is 27.1 Å². The minimum Gasteiger partial charge on any atom is -0.379 e. The van der Waals surface area contributed by atoms with Gasteiger partial charge in [-0.15, -0.1) is 0 Å². The van der Waals surface area contributed by atoms with Crippen LogP contribution in [0, 0.1) is 11.3 Å². The average Bonchev–Trinajstić information content (AvgIpc) is 3.30. The Bertz CT molecular complexity index is 646. The maximum absolute atomic E-state index is 13.5. The largest absolute Gasteiger partial charge is 0.379 e.